The van der Waals surface area contributed by atoms with E-state index in [0.29, 0.717) is 50.2 Å². The van der Waals surface area contributed by atoms with Crippen molar-refractivity contribution in [1.82, 2.24) is 19.8 Å². The van der Waals surface area contributed by atoms with Crippen LogP contribution in [0.15, 0.2) is 36.9 Å². The summed E-state index contributed by atoms with van der Waals surface area (Å²) in [5.74, 6) is 0.909. The quantitative estimate of drug-likeness (QED) is 0.483. The third-order valence-electron chi connectivity index (χ3n) is 9.97. The van der Waals surface area contributed by atoms with Crippen molar-refractivity contribution in [2.75, 3.05) is 44.7 Å². The predicted molar refractivity (Wildman–Crippen MR) is 160 cm³/mol. The third kappa shape index (κ3) is 5.06. The number of ketones is 1. The molecule has 1 aromatic heterocycles. The zero-order valence-electron chi connectivity index (χ0n) is 24.7. The number of rotatable bonds is 6. The first-order chi connectivity index (χ1) is 20.3. The molecule has 1 spiro atoms. The second-order valence-corrected chi connectivity index (χ2v) is 12.5. The average Bonchev–Trinajstić information content (AvgIpc) is 3.42. The van der Waals surface area contributed by atoms with Crippen molar-refractivity contribution in [3.8, 4) is 12.1 Å². The van der Waals surface area contributed by atoms with Crippen LogP contribution in [0, 0.1) is 16.7 Å². The summed E-state index contributed by atoms with van der Waals surface area (Å²) in [5.41, 5.74) is 3.44. The van der Waals surface area contributed by atoms with Gasteiger partial charge in [-0.3, -0.25) is 9.59 Å². The van der Waals surface area contributed by atoms with E-state index >= 15 is 0 Å². The number of nitrogens with zero attached hydrogens (tertiary/aromatic N) is 6. The Morgan fingerprint density at radius 3 is 2.83 bits per heavy atom. The smallest absolute Gasteiger partial charge is 0.319 e. The van der Waals surface area contributed by atoms with E-state index in [0.717, 1.165) is 44.2 Å². The molecule has 1 aromatic carbocycles. The molecule has 1 amide bonds. The third-order valence-corrected chi connectivity index (χ3v) is 9.97. The lowest BCUT2D eigenvalue weighted by molar-refractivity contribution is -0.128. The minimum atomic E-state index is -0.492. The van der Waals surface area contributed by atoms with Gasteiger partial charge in [0.2, 0.25) is 5.91 Å². The van der Waals surface area contributed by atoms with E-state index in [-0.39, 0.29) is 36.1 Å². The van der Waals surface area contributed by atoms with Crippen molar-refractivity contribution < 1.29 is 14.3 Å². The molecule has 9 heteroatoms. The van der Waals surface area contributed by atoms with Gasteiger partial charge in [-0.05, 0) is 75.2 Å². The fourth-order valence-electron chi connectivity index (χ4n) is 7.69. The van der Waals surface area contributed by atoms with Crippen molar-refractivity contribution >= 4 is 17.5 Å². The summed E-state index contributed by atoms with van der Waals surface area (Å²) in [7, 11) is 2.11. The molecule has 4 atom stereocenters. The lowest BCUT2D eigenvalue weighted by Gasteiger charge is -2.44. The molecule has 0 saturated carbocycles. The van der Waals surface area contributed by atoms with Crippen LogP contribution in [0.3, 0.4) is 0 Å². The Balaban J connectivity index is 1.36. The SMILES string of the molecule is C=CC(=O)N1CCN(c2nc(OC[C@@H]3CCCN3C)nc3c2CC[C@@]2(Cc4ccccc4C(C)C2)C3=O)C[C@@H]1CC#N. The lowest BCUT2D eigenvalue weighted by Crippen LogP contribution is -2.55. The number of amides is 1. The standard InChI is InChI=1S/C33H40N6O3/c1-4-28(40)39-17-16-38(20-24(39)12-14-34)31-27-11-13-33(18-22(2)26-10-6-5-8-23(26)19-33)30(41)29(27)35-32(36-31)42-21-25-9-7-15-37(25)3/h4-6,8,10,22,24-25H,1,7,9,11-13,15-21H2,2-3H3/t22?,24-,25-,33+/m0/s1. The summed E-state index contributed by atoms with van der Waals surface area (Å²) >= 11 is 0. The first kappa shape index (κ1) is 28.4. The zero-order valence-corrected chi connectivity index (χ0v) is 24.7. The number of carbonyl (C=O) groups is 2. The van der Waals surface area contributed by atoms with E-state index in [4.69, 9.17) is 14.7 Å². The van der Waals surface area contributed by atoms with Crippen LogP contribution in [-0.4, -0.2) is 83.4 Å². The summed E-state index contributed by atoms with van der Waals surface area (Å²) in [4.78, 5) is 42.9. The minimum absolute atomic E-state index is 0.0885. The van der Waals surface area contributed by atoms with Gasteiger partial charge in [-0.2, -0.15) is 15.2 Å². The van der Waals surface area contributed by atoms with Gasteiger partial charge >= 0.3 is 6.01 Å². The Morgan fingerprint density at radius 2 is 2.07 bits per heavy atom. The molecule has 0 bridgehead atoms. The van der Waals surface area contributed by atoms with Crippen LogP contribution in [0.4, 0.5) is 5.82 Å². The molecule has 0 N–H and O–H groups in total. The van der Waals surface area contributed by atoms with Crippen molar-refractivity contribution in [1.29, 1.82) is 5.26 Å². The van der Waals surface area contributed by atoms with Crippen LogP contribution in [0.1, 0.15) is 72.1 Å². The van der Waals surface area contributed by atoms with Gasteiger partial charge in [0.1, 0.15) is 18.1 Å². The van der Waals surface area contributed by atoms with Gasteiger partial charge < -0.3 is 19.4 Å². The summed E-state index contributed by atoms with van der Waals surface area (Å²) in [6.07, 6.45) is 6.68. The number of aromatic nitrogens is 2. The van der Waals surface area contributed by atoms with E-state index in [1.165, 1.54) is 17.2 Å². The summed E-state index contributed by atoms with van der Waals surface area (Å²) in [6.45, 7) is 8.81. The van der Waals surface area contributed by atoms with Crippen molar-refractivity contribution in [2.45, 2.75) is 69.9 Å². The first-order valence-corrected chi connectivity index (χ1v) is 15.2. The van der Waals surface area contributed by atoms with E-state index < -0.39 is 5.41 Å². The molecule has 2 fully saturated rings. The van der Waals surface area contributed by atoms with Crippen LogP contribution in [0.2, 0.25) is 0 Å². The molecule has 3 heterocycles. The molecule has 2 aliphatic heterocycles. The highest BCUT2D eigenvalue weighted by Crippen LogP contribution is 2.50. The second kappa shape index (κ2) is 11.5. The Morgan fingerprint density at radius 1 is 1.24 bits per heavy atom. The number of Topliss-reactive ketones (excluding diaryl/α,β-unsaturated/α-hetero) is 1. The molecule has 6 rings (SSSR count). The molecule has 1 unspecified atom stereocenters. The van der Waals surface area contributed by atoms with Crippen LogP contribution >= 0.6 is 0 Å². The van der Waals surface area contributed by atoms with Gasteiger partial charge in [0.15, 0.2) is 5.78 Å². The molecule has 4 aliphatic rings. The number of hydrogen-bond acceptors (Lipinski definition) is 8. The van der Waals surface area contributed by atoms with Gasteiger partial charge in [-0.15, -0.1) is 0 Å². The van der Waals surface area contributed by atoms with Crippen LogP contribution in [0.25, 0.3) is 0 Å². The number of carbonyl (C=O) groups excluding carboxylic acids is 2. The highest BCUT2D eigenvalue weighted by Gasteiger charge is 2.48. The monoisotopic (exact) mass is 568 g/mol. The highest BCUT2D eigenvalue weighted by atomic mass is 16.5. The number of anilines is 1. The molecule has 2 aliphatic carbocycles. The van der Waals surface area contributed by atoms with E-state index in [1.54, 1.807) is 4.90 Å². The van der Waals surface area contributed by atoms with Crippen molar-refractivity contribution in [2.24, 2.45) is 5.41 Å². The topological polar surface area (TPSA) is 103 Å². The van der Waals surface area contributed by atoms with Crippen molar-refractivity contribution in [3.05, 3.63) is 59.3 Å². The number of likely N-dealkylation sites (N-methyl/N-ethyl adjacent to an activating group) is 1. The Bertz CT molecular complexity index is 1440. The number of nitriles is 1. The van der Waals surface area contributed by atoms with Gasteiger partial charge in [0.05, 0.1) is 18.5 Å². The Kier molecular flexibility index (Phi) is 7.75. The van der Waals surface area contributed by atoms with E-state index in [9.17, 15) is 14.9 Å². The Labute approximate surface area is 248 Å². The van der Waals surface area contributed by atoms with Gasteiger partial charge in [-0.1, -0.05) is 37.8 Å². The van der Waals surface area contributed by atoms with Gasteiger partial charge in [-0.25, -0.2) is 0 Å². The maximum absolute atomic E-state index is 14.5. The molecular formula is C33H40N6O3. The van der Waals surface area contributed by atoms with Crippen LogP contribution in [0.5, 0.6) is 6.01 Å². The zero-order chi connectivity index (χ0) is 29.4. The summed E-state index contributed by atoms with van der Waals surface area (Å²) in [5, 5.41) is 9.52. The molecule has 2 aromatic rings. The molecule has 42 heavy (non-hydrogen) atoms. The number of piperazine rings is 1. The van der Waals surface area contributed by atoms with Crippen molar-refractivity contribution in [3.63, 3.8) is 0 Å². The lowest BCUT2D eigenvalue weighted by atomic mass is 9.60. The average molecular weight is 569 g/mol. The van der Waals surface area contributed by atoms with Gasteiger partial charge in [0.25, 0.3) is 0 Å². The van der Waals surface area contributed by atoms with E-state index in [2.05, 4.69) is 60.7 Å². The summed E-state index contributed by atoms with van der Waals surface area (Å²) < 4.78 is 6.24. The largest absolute Gasteiger partial charge is 0.462 e. The van der Waals surface area contributed by atoms with Crippen LogP contribution in [-0.2, 0) is 17.6 Å². The normalized spacial score (nSPS) is 27.4. The predicted octanol–water partition coefficient (Wildman–Crippen LogP) is 3.93. The van der Waals surface area contributed by atoms with E-state index in [1.807, 2.05) is 0 Å². The number of fused-ring (bicyclic) bond motifs is 2. The number of hydrogen-bond donors (Lipinski definition) is 0. The molecular weight excluding hydrogens is 528 g/mol. The highest BCUT2D eigenvalue weighted by molar-refractivity contribution is 6.02. The maximum atomic E-state index is 14.5. The second-order valence-electron chi connectivity index (χ2n) is 12.5. The Hall–Kier alpha value is -3.77. The fraction of sp³-hybridized carbons (Fsp3) is 0.545. The number of benzene rings is 1. The maximum Gasteiger partial charge on any atom is 0.319 e. The summed E-state index contributed by atoms with van der Waals surface area (Å²) in [6, 6.07) is 11.0. The molecule has 9 nitrogen and oxygen atoms in total. The first-order valence-electron chi connectivity index (χ1n) is 15.2. The van der Waals surface area contributed by atoms with Crippen LogP contribution < -0.4 is 9.64 Å². The number of ether oxygens (including phenoxy) is 1. The number of likely N-dealkylation sites (tertiary alicyclic amines) is 1. The fourth-order valence-corrected chi connectivity index (χ4v) is 7.69. The molecule has 0 radical (unpaired) electrons. The molecule has 220 valence electrons. The molecule has 2 saturated heterocycles. The minimum Gasteiger partial charge on any atom is -0.462 e. The van der Waals surface area contributed by atoms with Gasteiger partial charge in [0, 0.05) is 36.7 Å².